The Bertz CT molecular complexity index is 1120. The predicted molar refractivity (Wildman–Crippen MR) is 137 cm³/mol. The van der Waals surface area contributed by atoms with Crippen molar-refractivity contribution < 1.29 is 14.5 Å². The van der Waals surface area contributed by atoms with Crippen molar-refractivity contribution in [1.29, 1.82) is 0 Å². The molecule has 0 amide bonds. The molecule has 1 unspecified atom stereocenters. The van der Waals surface area contributed by atoms with Gasteiger partial charge in [0.2, 0.25) is 0 Å². The van der Waals surface area contributed by atoms with E-state index in [2.05, 4.69) is 26.9 Å². The molecule has 184 valence electrons. The number of carbonyl (C=O) groups is 1. The zero-order chi connectivity index (χ0) is 25.6. The molecule has 5 rings (SSSR count). The number of ether oxygens (including phenoxy) is 1. The Hall–Kier alpha value is -3.78. The molecule has 0 spiro atoms. The molecule has 1 atom stereocenters. The SMILES string of the molecule is C=C(NC(=NC)N/C=C/C=O)C1(C)CC2([N+](=O)[O-])c3ccccc3C1c1ccccc12.CCOC. The summed E-state index contributed by atoms with van der Waals surface area (Å²) in [6.07, 6.45) is 3.71. The van der Waals surface area contributed by atoms with Crippen LogP contribution in [0, 0.1) is 15.5 Å². The van der Waals surface area contributed by atoms with Gasteiger partial charge in [-0.25, -0.2) is 0 Å². The van der Waals surface area contributed by atoms with E-state index in [1.807, 2.05) is 62.4 Å². The first-order valence-electron chi connectivity index (χ1n) is 11.4. The quantitative estimate of drug-likeness (QED) is 0.162. The van der Waals surface area contributed by atoms with Crippen molar-refractivity contribution in [3.05, 3.63) is 105 Å². The summed E-state index contributed by atoms with van der Waals surface area (Å²) in [5.74, 6) is 0.313. The van der Waals surface area contributed by atoms with E-state index in [4.69, 9.17) is 0 Å². The first-order chi connectivity index (χ1) is 16.8. The number of methoxy groups -OCH3 is 1. The monoisotopic (exact) mass is 476 g/mol. The molecule has 0 fully saturated rings. The highest BCUT2D eigenvalue weighted by atomic mass is 16.6. The summed E-state index contributed by atoms with van der Waals surface area (Å²) in [6, 6.07) is 15.3. The standard InChI is InChI=1S/C24H24N4O3.C3H8O/c1-16(27-22(25-3)26-13-8-14-29)23(2)15-24(28(30)31)19-11-6-4-9-17(19)21(23)18-10-5-7-12-20(18)24;1-3-4-2/h4-14,21H,1,15H2,2-3H3,(H2,25,26,27);3H2,1-2H3/b13-8+;. The largest absolute Gasteiger partial charge is 0.385 e. The normalized spacial score (nSPS) is 24.0. The third-order valence-electron chi connectivity index (χ3n) is 6.87. The van der Waals surface area contributed by atoms with E-state index < -0.39 is 11.0 Å². The Kier molecular flexibility index (Phi) is 7.86. The van der Waals surface area contributed by atoms with Crippen LogP contribution in [0.5, 0.6) is 0 Å². The van der Waals surface area contributed by atoms with Crippen LogP contribution in [-0.4, -0.2) is 37.9 Å². The maximum Gasteiger partial charge on any atom is 0.273 e. The summed E-state index contributed by atoms with van der Waals surface area (Å²) < 4.78 is 4.54. The maximum absolute atomic E-state index is 12.7. The smallest absolute Gasteiger partial charge is 0.273 e. The second-order valence-electron chi connectivity index (χ2n) is 8.71. The number of benzene rings is 2. The first kappa shape index (κ1) is 25.8. The zero-order valence-electron chi connectivity index (χ0n) is 20.6. The molecule has 0 saturated carbocycles. The number of aliphatic imine (C=N–C) groups is 1. The number of allylic oxidation sites excluding steroid dienone is 2. The molecule has 2 aromatic carbocycles. The van der Waals surface area contributed by atoms with E-state index >= 15 is 0 Å². The molecular formula is C27H32N4O4. The number of nitro groups is 1. The molecule has 0 radical (unpaired) electrons. The van der Waals surface area contributed by atoms with Crippen LogP contribution >= 0.6 is 0 Å². The van der Waals surface area contributed by atoms with Crippen molar-refractivity contribution in [1.82, 2.24) is 10.6 Å². The van der Waals surface area contributed by atoms with E-state index in [1.54, 1.807) is 14.2 Å². The molecule has 8 heteroatoms. The number of nitrogens with zero attached hydrogens (tertiary/aromatic N) is 2. The average molecular weight is 477 g/mol. The van der Waals surface area contributed by atoms with Gasteiger partial charge in [-0.2, -0.15) is 0 Å². The summed E-state index contributed by atoms with van der Waals surface area (Å²) in [5.41, 5.74) is 2.05. The third-order valence-corrected chi connectivity index (χ3v) is 6.87. The van der Waals surface area contributed by atoms with Gasteiger partial charge in [-0.15, -0.1) is 0 Å². The third kappa shape index (κ3) is 4.37. The van der Waals surface area contributed by atoms with Gasteiger partial charge >= 0.3 is 0 Å². The minimum absolute atomic E-state index is 0.0923. The fourth-order valence-electron chi connectivity index (χ4n) is 5.22. The summed E-state index contributed by atoms with van der Waals surface area (Å²) in [6.45, 7) is 9.07. The highest BCUT2D eigenvalue weighted by Crippen LogP contribution is 2.65. The number of hydrogen-bond donors (Lipinski definition) is 2. The number of guanidine groups is 1. The molecule has 2 bridgehead atoms. The molecule has 8 nitrogen and oxygen atoms in total. The predicted octanol–water partition coefficient (Wildman–Crippen LogP) is 4.11. The minimum Gasteiger partial charge on any atom is -0.385 e. The topological polar surface area (TPSA) is 106 Å². The Balaban J connectivity index is 0.000000795. The number of aldehydes is 1. The molecule has 0 aromatic heterocycles. The van der Waals surface area contributed by atoms with Crippen molar-refractivity contribution in [3.63, 3.8) is 0 Å². The Labute approximate surface area is 206 Å². The van der Waals surface area contributed by atoms with E-state index in [0.717, 1.165) is 28.9 Å². The average Bonchev–Trinajstić information content (AvgIpc) is 2.88. The second kappa shape index (κ2) is 10.7. The van der Waals surface area contributed by atoms with Crippen LogP contribution in [0.4, 0.5) is 0 Å². The zero-order valence-corrected chi connectivity index (χ0v) is 20.6. The molecule has 35 heavy (non-hydrogen) atoms. The fourth-order valence-corrected chi connectivity index (χ4v) is 5.22. The lowest BCUT2D eigenvalue weighted by atomic mass is 9.49. The number of nitrogens with one attached hydrogen (secondary N) is 2. The lowest BCUT2D eigenvalue weighted by Crippen LogP contribution is -2.56. The van der Waals surface area contributed by atoms with Gasteiger partial charge in [0.1, 0.15) is 6.29 Å². The van der Waals surface area contributed by atoms with Crippen LogP contribution in [0.25, 0.3) is 0 Å². The summed E-state index contributed by atoms with van der Waals surface area (Å²) >= 11 is 0. The summed E-state index contributed by atoms with van der Waals surface area (Å²) in [4.78, 5) is 27.3. The van der Waals surface area contributed by atoms with Gasteiger partial charge in [0.05, 0.1) is 0 Å². The molecule has 2 aromatic rings. The van der Waals surface area contributed by atoms with Crippen LogP contribution in [0.3, 0.4) is 0 Å². The van der Waals surface area contributed by atoms with Gasteiger partial charge in [-0.1, -0.05) is 62.0 Å². The Morgan fingerprint density at radius 1 is 1.23 bits per heavy atom. The van der Waals surface area contributed by atoms with Gasteiger partial charge < -0.3 is 15.4 Å². The van der Waals surface area contributed by atoms with E-state index in [-0.39, 0.29) is 17.3 Å². The highest BCUT2D eigenvalue weighted by molar-refractivity contribution is 5.83. The molecule has 3 aliphatic carbocycles. The second-order valence-corrected chi connectivity index (χ2v) is 8.71. The van der Waals surface area contributed by atoms with Crippen LogP contribution in [0.2, 0.25) is 0 Å². The highest BCUT2D eigenvalue weighted by Gasteiger charge is 2.65. The minimum atomic E-state index is -1.35. The summed E-state index contributed by atoms with van der Waals surface area (Å²) in [7, 11) is 3.29. The van der Waals surface area contributed by atoms with Gasteiger partial charge in [0, 0.05) is 66.5 Å². The van der Waals surface area contributed by atoms with Gasteiger partial charge in [-0.05, 0) is 24.1 Å². The fraction of sp³-hybridized carbons (Fsp3) is 0.333. The van der Waals surface area contributed by atoms with Crippen LogP contribution < -0.4 is 10.6 Å². The molecular weight excluding hydrogens is 444 g/mol. The van der Waals surface area contributed by atoms with Crippen LogP contribution in [-0.2, 0) is 15.1 Å². The number of hydrogen-bond acceptors (Lipinski definition) is 5. The Morgan fingerprint density at radius 3 is 2.23 bits per heavy atom. The molecule has 0 saturated heterocycles. The van der Waals surface area contributed by atoms with Crippen molar-refractivity contribution in [2.75, 3.05) is 20.8 Å². The maximum atomic E-state index is 12.7. The Morgan fingerprint density at radius 2 is 1.77 bits per heavy atom. The van der Waals surface area contributed by atoms with Crippen molar-refractivity contribution in [2.24, 2.45) is 10.4 Å². The first-order valence-corrected chi connectivity index (χ1v) is 11.4. The number of fused-ring (bicyclic) bond motifs is 1. The van der Waals surface area contributed by atoms with Crippen molar-refractivity contribution in [3.8, 4) is 0 Å². The van der Waals surface area contributed by atoms with E-state index in [1.165, 1.54) is 12.3 Å². The van der Waals surface area contributed by atoms with E-state index in [9.17, 15) is 14.9 Å². The molecule has 2 N–H and O–H groups in total. The summed E-state index contributed by atoms with van der Waals surface area (Å²) in [5, 5.41) is 18.8. The van der Waals surface area contributed by atoms with Crippen molar-refractivity contribution >= 4 is 12.2 Å². The van der Waals surface area contributed by atoms with Crippen LogP contribution in [0.15, 0.2) is 78.1 Å². The van der Waals surface area contributed by atoms with Crippen LogP contribution in [0.1, 0.15) is 48.4 Å². The number of rotatable bonds is 6. The molecule has 0 heterocycles. The van der Waals surface area contributed by atoms with E-state index in [0.29, 0.717) is 17.9 Å². The van der Waals surface area contributed by atoms with Crippen molar-refractivity contribution in [2.45, 2.75) is 31.7 Å². The van der Waals surface area contributed by atoms with Gasteiger partial charge in [0.25, 0.3) is 5.54 Å². The number of carbonyl (C=O) groups excluding carboxylic acids is 1. The lowest BCUT2D eigenvalue weighted by Gasteiger charge is -2.53. The lowest BCUT2D eigenvalue weighted by molar-refractivity contribution is -0.573. The van der Waals surface area contributed by atoms with Gasteiger partial charge in [-0.3, -0.25) is 19.9 Å². The molecule has 0 aliphatic heterocycles. The van der Waals surface area contributed by atoms with Gasteiger partial charge in [0.15, 0.2) is 5.96 Å². The molecule has 3 aliphatic rings.